The Kier molecular flexibility index (Phi) is 16.7. The first-order valence-electron chi connectivity index (χ1n) is 25.7. The maximum Gasteiger partial charge on any atom is 0.416 e. The first-order valence-corrected chi connectivity index (χ1v) is 25.7. The fourth-order valence-corrected chi connectivity index (χ4v) is 10.6. The molecule has 0 N–H and O–H groups in total. The number of carbonyl (C=O) groups is 1. The highest BCUT2D eigenvalue weighted by atomic mass is 19.4. The zero-order valence-electron chi connectivity index (χ0n) is 44.6. The minimum Gasteiger partial charge on any atom is -0.287 e. The Balaban J connectivity index is 0.000000244. The summed E-state index contributed by atoms with van der Waals surface area (Å²) in [5.74, 6) is 0.0755. The van der Waals surface area contributed by atoms with Crippen molar-refractivity contribution >= 4 is 66.1 Å². The fraction of sp³-hybridized carbons (Fsp3) is 0.145. The van der Waals surface area contributed by atoms with Crippen LogP contribution in [0.2, 0.25) is 0 Å². The Hall–Kier alpha value is -9.11. The molecule has 0 aliphatic rings. The summed E-state index contributed by atoms with van der Waals surface area (Å²) in [5.41, 5.74) is -27.5. The number of hydrogen-bond donors (Lipinski definition) is 0. The Morgan fingerprint density at radius 3 is 1.01 bits per heavy atom. The molecule has 0 amide bonds. The number of Topliss-reactive ketones (excluding diaryl/α,β-unsaturated/α-hetero) is 1. The van der Waals surface area contributed by atoms with E-state index in [2.05, 4.69) is 66.7 Å². The van der Waals surface area contributed by atoms with Crippen molar-refractivity contribution in [1.82, 2.24) is 4.98 Å². The first-order chi connectivity index (χ1) is 41.5. The summed E-state index contributed by atoms with van der Waals surface area (Å²) in [4.78, 5) is 17.5. The summed E-state index contributed by atoms with van der Waals surface area (Å²) in [6, 6.07) is 24.2. The van der Waals surface area contributed by atoms with Crippen molar-refractivity contribution in [2.24, 2.45) is 0 Å². The van der Waals surface area contributed by atoms with Crippen LogP contribution in [-0.2, 0) is 56.0 Å². The predicted octanol–water partition coefficient (Wildman–Crippen LogP) is 17.6. The number of alkyl halides is 24. The summed E-state index contributed by atoms with van der Waals surface area (Å²) in [6.45, 7) is 0.269. The van der Waals surface area contributed by atoms with Gasteiger partial charge in [0.25, 0.3) is 0 Å². The summed E-state index contributed by atoms with van der Waals surface area (Å²) in [7, 11) is 0. The average molecular weight is 1290 g/mol. The smallest absolute Gasteiger partial charge is 0.287 e. The molecule has 0 unspecified atom stereocenters. The monoisotopic (exact) mass is 1290 g/mol. The van der Waals surface area contributed by atoms with Gasteiger partial charge in [-0.3, -0.25) is 4.79 Å². The van der Waals surface area contributed by atoms with Crippen molar-refractivity contribution in [2.45, 2.75) is 56.0 Å². The van der Waals surface area contributed by atoms with Crippen molar-refractivity contribution in [3.8, 4) is 11.3 Å². The quantitative estimate of drug-likeness (QED) is 0.0499. The second kappa shape index (κ2) is 23.0. The van der Waals surface area contributed by atoms with E-state index in [1.807, 2.05) is 47.3 Å². The minimum atomic E-state index is -6.13. The molecule has 0 fully saturated rings. The van der Waals surface area contributed by atoms with Crippen LogP contribution < -0.4 is 26.4 Å². The molecule has 468 valence electrons. The lowest BCUT2D eigenvalue weighted by Gasteiger charge is -2.46. The summed E-state index contributed by atoms with van der Waals surface area (Å²) < 4.78 is 343. The molecule has 0 atom stereocenters. The van der Waals surface area contributed by atoms with E-state index in [9.17, 15) is 110 Å². The number of hydrogen-bond acceptors (Lipinski definition) is 2. The molecule has 0 spiro atoms. The van der Waals surface area contributed by atoms with Crippen LogP contribution in [0.5, 0.6) is 0 Å². The number of rotatable bonds is 8. The number of aromatic nitrogens is 2. The molecular formula is C62H33BF24N2O. The van der Waals surface area contributed by atoms with Gasteiger partial charge < -0.3 is 0 Å². The van der Waals surface area contributed by atoms with E-state index >= 15 is 0 Å². The number of fused-ring (bicyclic) bond motifs is 3. The van der Waals surface area contributed by atoms with Crippen LogP contribution in [0.1, 0.15) is 54.9 Å². The predicted molar refractivity (Wildman–Crippen MR) is 283 cm³/mol. The van der Waals surface area contributed by atoms with Gasteiger partial charge in [0, 0.05) is 11.1 Å². The topological polar surface area (TPSA) is 33.8 Å². The molecule has 10 aromatic rings. The fourth-order valence-electron chi connectivity index (χ4n) is 10.6. The minimum absolute atomic E-state index is 0.0755. The molecular weight excluding hydrogens is 1260 g/mol. The second-order valence-corrected chi connectivity index (χ2v) is 20.5. The van der Waals surface area contributed by atoms with Gasteiger partial charge in [0.2, 0.25) is 12.3 Å². The van der Waals surface area contributed by atoms with Crippen molar-refractivity contribution in [1.29, 1.82) is 0 Å². The van der Waals surface area contributed by atoms with Crippen molar-refractivity contribution in [3.05, 3.63) is 239 Å². The van der Waals surface area contributed by atoms with Gasteiger partial charge in [0.05, 0.1) is 50.7 Å². The summed E-state index contributed by atoms with van der Waals surface area (Å²) in [5, 5.41) is 7.08. The van der Waals surface area contributed by atoms with E-state index in [1.165, 1.54) is 21.5 Å². The van der Waals surface area contributed by atoms with Crippen LogP contribution in [0.15, 0.2) is 188 Å². The molecule has 28 heteroatoms. The zero-order valence-corrected chi connectivity index (χ0v) is 44.6. The van der Waals surface area contributed by atoms with E-state index in [0.29, 0.717) is 5.56 Å². The lowest BCUT2D eigenvalue weighted by atomic mass is 9.12. The molecule has 90 heavy (non-hydrogen) atoms. The normalized spacial score (nSPS) is 13.2. The van der Waals surface area contributed by atoms with E-state index in [1.54, 1.807) is 6.20 Å². The van der Waals surface area contributed by atoms with Crippen molar-refractivity contribution < 1.29 is 115 Å². The lowest BCUT2D eigenvalue weighted by molar-refractivity contribution is -0.683. The van der Waals surface area contributed by atoms with Crippen LogP contribution >= 0.6 is 0 Å². The molecule has 0 saturated carbocycles. The van der Waals surface area contributed by atoms with Crippen LogP contribution in [0.3, 0.4) is 0 Å². The molecule has 0 radical (unpaired) electrons. The Morgan fingerprint density at radius 2 is 0.656 bits per heavy atom. The number of carbonyl (C=O) groups excluding carboxylic acids is 1. The van der Waals surface area contributed by atoms with Gasteiger partial charge in [0.1, 0.15) is 11.8 Å². The van der Waals surface area contributed by atoms with Crippen molar-refractivity contribution in [2.75, 3.05) is 0 Å². The molecule has 1 heterocycles. The maximum absolute atomic E-state index is 14.2. The van der Waals surface area contributed by atoms with Crippen LogP contribution in [-0.4, -0.2) is 16.9 Å². The molecule has 10 rings (SSSR count). The van der Waals surface area contributed by atoms with E-state index in [-0.39, 0.29) is 12.3 Å². The Labute approximate surface area is 490 Å². The highest BCUT2D eigenvalue weighted by molar-refractivity contribution is 7.20. The maximum atomic E-state index is 14.2. The molecule has 0 aliphatic heterocycles. The molecule has 1 aromatic heterocycles. The first kappa shape index (κ1) is 65.3. The van der Waals surface area contributed by atoms with Gasteiger partial charge in [-0.15, -0.1) is 0 Å². The third kappa shape index (κ3) is 13.7. The highest BCUT2D eigenvalue weighted by Crippen LogP contribution is 2.43. The van der Waals surface area contributed by atoms with Crippen LogP contribution in [0, 0.1) is 0 Å². The second-order valence-electron chi connectivity index (χ2n) is 20.5. The zero-order chi connectivity index (χ0) is 66.1. The van der Waals surface area contributed by atoms with Crippen LogP contribution in [0.4, 0.5) is 105 Å². The van der Waals surface area contributed by atoms with Gasteiger partial charge in [-0.05, 0) is 74.8 Å². The summed E-state index contributed by atoms with van der Waals surface area (Å²) >= 11 is 0. The van der Waals surface area contributed by atoms with Gasteiger partial charge in [0.15, 0.2) is 12.4 Å². The lowest BCUT2D eigenvalue weighted by Crippen LogP contribution is -2.75. The van der Waals surface area contributed by atoms with Gasteiger partial charge in [-0.25, -0.2) is 4.98 Å². The van der Waals surface area contributed by atoms with Gasteiger partial charge in [-0.2, -0.15) is 132 Å². The molecule has 0 saturated heterocycles. The standard InChI is InChI=1S/C32H12BF24.C30H21N2O/c34-25(35,36)13-1-14(26(37,38)39)6-21(5-13)33(22-7-15(27(40,41)42)2-16(8-22)28(43,44)45,23-9-17(29(46,47)48)3-18(10-23)30(49,50)51)24-11-19(31(52,53)54)4-20(12-24)32(55,56)57;33-29(21-8-2-1-3-9-21)20-32-15-14-31-28(19-32)30-26-13-7-6-12-24(26)17-25-16-22-10-4-5-11-23(22)18-27(25)30/h1-12H;1-19H,20H2/q-1;+1. The largest absolute Gasteiger partial charge is 0.416 e. The Morgan fingerprint density at radius 1 is 0.344 bits per heavy atom. The highest BCUT2D eigenvalue weighted by Gasteiger charge is 2.47. The third-order valence-corrected chi connectivity index (χ3v) is 14.6. The average Bonchev–Trinajstić information content (AvgIpc) is 0.722. The van der Waals surface area contributed by atoms with Crippen LogP contribution in [0.25, 0.3) is 43.6 Å². The number of benzene rings is 9. The van der Waals surface area contributed by atoms with Gasteiger partial charge >= 0.3 is 49.4 Å². The molecule has 0 bridgehead atoms. The van der Waals surface area contributed by atoms with E-state index in [4.69, 9.17) is 4.98 Å². The molecule has 0 aliphatic carbocycles. The number of halogens is 24. The third-order valence-electron chi connectivity index (χ3n) is 14.6. The number of nitrogens with zero attached hydrogens (tertiary/aromatic N) is 2. The van der Waals surface area contributed by atoms with Gasteiger partial charge in [-0.1, -0.05) is 127 Å². The van der Waals surface area contributed by atoms with E-state index < -0.39 is 195 Å². The summed E-state index contributed by atoms with van der Waals surface area (Å²) in [6.07, 6.45) is -49.2. The SMILES string of the molecule is FC(F)(F)c1cc([B-](c2cc(C(F)(F)F)cc(C(F)(F)F)c2)(c2cc(C(F)(F)F)cc(C(F)(F)F)c2)c2cc(C(F)(F)F)cc(C(F)(F)F)c2)cc(C(F)(F)F)c1.O=C(C[n+]1ccnc(-c2c3ccccc3cc3cc4ccccc4cc23)c1)c1ccccc1. The molecule has 9 aromatic carbocycles. The van der Waals surface area contributed by atoms with E-state index in [0.717, 1.165) is 22.0 Å². The number of ketones is 1. The molecule has 3 nitrogen and oxygen atoms in total. The van der Waals surface area contributed by atoms with Crippen molar-refractivity contribution in [3.63, 3.8) is 0 Å². The Bertz CT molecular complexity index is 3920.